The average molecular weight is 274 g/mol. The fourth-order valence-corrected chi connectivity index (χ4v) is 2.23. The first-order valence-corrected chi connectivity index (χ1v) is 6.49. The van der Waals surface area contributed by atoms with Crippen molar-refractivity contribution in [2.24, 2.45) is 0 Å². The Labute approximate surface area is 114 Å². The van der Waals surface area contributed by atoms with Crippen molar-refractivity contribution in [2.45, 2.75) is 12.4 Å². The summed E-state index contributed by atoms with van der Waals surface area (Å²) in [5.74, 6) is 0.246. The van der Waals surface area contributed by atoms with Crippen molar-refractivity contribution in [1.82, 2.24) is 14.2 Å². The van der Waals surface area contributed by atoms with Crippen molar-refractivity contribution in [3.8, 4) is 0 Å². The molecule has 0 radical (unpaired) electrons. The summed E-state index contributed by atoms with van der Waals surface area (Å²) in [5.41, 5.74) is 2.25. The van der Waals surface area contributed by atoms with Gasteiger partial charge in [-0.1, -0.05) is 30.3 Å². The fraction of sp³-hybridized carbons (Fsp3) is 0.143. The Kier molecular flexibility index (Phi) is 3.09. The van der Waals surface area contributed by atoms with E-state index in [1.807, 2.05) is 47.3 Å². The van der Waals surface area contributed by atoms with Gasteiger partial charge in [0.15, 0.2) is 5.65 Å². The van der Waals surface area contributed by atoms with E-state index in [0.717, 1.165) is 5.56 Å². The normalized spacial score (nSPS) is 11.0. The smallest absolute Gasteiger partial charge is 0.273 e. The minimum absolute atomic E-state index is 0.110. The summed E-state index contributed by atoms with van der Waals surface area (Å²) >= 11 is 5.72. The van der Waals surface area contributed by atoms with E-state index in [0.29, 0.717) is 17.9 Å². The number of fused-ring (bicyclic) bond motifs is 1. The molecule has 0 saturated carbocycles. The van der Waals surface area contributed by atoms with Crippen LogP contribution in [0.2, 0.25) is 0 Å². The number of aromatic nitrogens is 3. The number of benzene rings is 1. The van der Waals surface area contributed by atoms with Crippen LogP contribution in [0.3, 0.4) is 0 Å². The van der Waals surface area contributed by atoms with Crippen molar-refractivity contribution in [1.29, 1.82) is 0 Å². The van der Waals surface area contributed by atoms with E-state index in [9.17, 15) is 4.79 Å². The first kappa shape index (κ1) is 12.0. The molecule has 0 aliphatic carbocycles. The molecule has 19 heavy (non-hydrogen) atoms. The van der Waals surface area contributed by atoms with Crippen molar-refractivity contribution in [3.05, 3.63) is 70.3 Å². The highest BCUT2D eigenvalue weighted by molar-refractivity contribution is 6.16. The van der Waals surface area contributed by atoms with Crippen LogP contribution < -0.4 is 5.56 Å². The van der Waals surface area contributed by atoms with Gasteiger partial charge in [-0.2, -0.15) is 4.52 Å². The summed E-state index contributed by atoms with van der Waals surface area (Å²) in [7, 11) is 0. The lowest BCUT2D eigenvalue weighted by Gasteiger charge is -2.06. The molecule has 0 unspecified atom stereocenters. The Hall–Kier alpha value is -2.07. The van der Waals surface area contributed by atoms with Crippen molar-refractivity contribution >= 4 is 17.2 Å². The number of rotatable bonds is 3. The lowest BCUT2D eigenvalue weighted by atomic mass is 10.2. The molecule has 0 amide bonds. The standard InChI is InChI=1S/C14H12ClN3O/c15-9-12-8-14(19)18-13(16-12)6-7-17(18)10-11-4-2-1-3-5-11/h1-8H,9-10H2. The second kappa shape index (κ2) is 4.90. The van der Waals surface area contributed by atoms with E-state index >= 15 is 0 Å². The molecule has 2 heterocycles. The largest absolute Gasteiger partial charge is 0.279 e. The molecule has 1 aromatic carbocycles. The molecule has 0 saturated heterocycles. The zero-order chi connectivity index (χ0) is 13.2. The molecule has 0 N–H and O–H groups in total. The van der Waals surface area contributed by atoms with Gasteiger partial charge in [0.1, 0.15) is 0 Å². The zero-order valence-corrected chi connectivity index (χ0v) is 10.9. The van der Waals surface area contributed by atoms with Crippen LogP contribution in [0.5, 0.6) is 0 Å². The molecule has 5 heteroatoms. The second-order valence-electron chi connectivity index (χ2n) is 4.29. The van der Waals surface area contributed by atoms with Gasteiger partial charge in [-0.05, 0) is 5.56 Å². The maximum atomic E-state index is 12.1. The van der Waals surface area contributed by atoms with Gasteiger partial charge in [-0.3, -0.25) is 9.48 Å². The Balaban J connectivity index is 2.08. The Morgan fingerprint density at radius 3 is 2.68 bits per heavy atom. The summed E-state index contributed by atoms with van der Waals surface area (Å²) in [6.07, 6.45) is 1.86. The van der Waals surface area contributed by atoms with E-state index in [4.69, 9.17) is 11.6 Å². The third-order valence-electron chi connectivity index (χ3n) is 2.95. The zero-order valence-electron chi connectivity index (χ0n) is 10.2. The van der Waals surface area contributed by atoms with Crippen LogP contribution in [-0.2, 0) is 12.4 Å². The van der Waals surface area contributed by atoms with Crippen molar-refractivity contribution < 1.29 is 0 Å². The van der Waals surface area contributed by atoms with Crippen LogP contribution >= 0.6 is 11.6 Å². The first-order valence-electron chi connectivity index (χ1n) is 5.96. The molecule has 4 nitrogen and oxygen atoms in total. The lowest BCUT2D eigenvalue weighted by molar-refractivity contribution is 0.619. The Morgan fingerprint density at radius 1 is 1.16 bits per heavy atom. The van der Waals surface area contributed by atoms with Gasteiger partial charge in [0.2, 0.25) is 0 Å². The van der Waals surface area contributed by atoms with E-state index in [1.165, 1.54) is 6.07 Å². The highest BCUT2D eigenvalue weighted by Gasteiger charge is 2.06. The first-order chi connectivity index (χ1) is 9.28. The third kappa shape index (κ3) is 2.27. The predicted molar refractivity (Wildman–Crippen MR) is 74.6 cm³/mol. The molecule has 96 valence electrons. The Bertz CT molecular complexity index is 761. The van der Waals surface area contributed by atoms with Crippen LogP contribution in [-0.4, -0.2) is 14.2 Å². The maximum absolute atomic E-state index is 12.1. The molecule has 0 atom stereocenters. The van der Waals surface area contributed by atoms with Gasteiger partial charge >= 0.3 is 0 Å². The molecule has 3 rings (SSSR count). The second-order valence-corrected chi connectivity index (χ2v) is 4.56. The highest BCUT2D eigenvalue weighted by Crippen LogP contribution is 2.06. The predicted octanol–water partition coefficient (Wildman–Crippen LogP) is 2.28. The summed E-state index contributed by atoms with van der Waals surface area (Å²) in [5, 5.41) is 0. The maximum Gasteiger partial charge on any atom is 0.273 e. The van der Waals surface area contributed by atoms with Crippen LogP contribution in [0.4, 0.5) is 0 Å². The lowest BCUT2D eigenvalue weighted by Crippen LogP contribution is -2.21. The molecule has 0 aliphatic heterocycles. The summed E-state index contributed by atoms with van der Waals surface area (Å²) in [6, 6.07) is 13.3. The fourth-order valence-electron chi connectivity index (χ4n) is 2.09. The van der Waals surface area contributed by atoms with Gasteiger partial charge in [-0.25, -0.2) is 4.98 Å². The van der Waals surface area contributed by atoms with Crippen LogP contribution in [0.25, 0.3) is 5.65 Å². The minimum Gasteiger partial charge on any atom is -0.279 e. The van der Waals surface area contributed by atoms with E-state index in [1.54, 1.807) is 4.52 Å². The molecule has 0 fully saturated rings. The van der Waals surface area contributed by atoms with Crippen LogP contribution in [0.15, 0.2) is 53.5 Å². The molecule has 3 aromatic rings. The quantitative estimate of drug-likeness (QED) is 0.687. The molecular formula is C14H12ClN3O. The van der Waals surface area contributed by atoms with Gasteiger partial charge in [0.25, 0.3) is 5.56 Å². The SMILES string of the molecule is O=c1cc(CCl)nc2ccn(Cc3ccccc3)n12. The van der Waals surface area contributed by atoms with Crippen molar-refractivity contribution in [3.63, 3.8) is 0 Å². The number of alkyl halides is 1. The number of halogens is 1. The number of nitrogens with zero attached hydrogens (tertiary/aromatic N) is 3. The molecule has 2 aromatic heterocycles. The van der Waals surface area contributed by atoms with E-state index in [2.05, 4.69) is 4.98 Å². The minimum atomic E-state index is -0.110. The molecule has 0 aliphatic rings. The van der Waals surface area contributed by atoms with Gasteiger partial charge < -0.3 is 0 Å². The third-order valence-corrected chi connectivity index (χ3v) is 3.22. The van der Waals surface area contributed by atoms with Crippen LogP contribution in [0.1, 0.15) is 11.3 Å². The van der Waals surface area contributed by atoms with E-state index < -0.39 is 0 Å². The Morgan fingerprint density at radius 2 is 1.95 bits per heavy atom. The summed E-state index contributed by atoms with van der Waals surface area (Å²) in [4.78, 5) is 16.4. The number of hydrogen-bond acceptors (Lipinski definition) is 2. The van der Waals surface area contributed by atoms with Gasteiger partial charge in [0.05, 0.1) is 18.1 Å². The van der Waals surface area contributed by atoms with Crippen molar-refractivity contribution in [2.75, 3.05) is 0 Å². The van der Waals surface area contributed by atoms with E-state index in [-0.39, 0.29) is 11.4 Å². The summed E-state index contributed by atoms with van der Waals surface area (Å²) in [6.45, 7) is 0.631. The van der Waals surface area contributed by atoms with Gasteiger partial charge in [0, 0.05) is 18.3 Å². The monoisotopic (exact) mass is 273 g/mol. The molecular weight excluding hydrogens is 262 g/mol. The number of hydrogen-bond donors (Lipinski definition) is 0. The summed E-state index contributed by atoms with van der Waals surface area (Å²) < 4.78 is 3.40. The van der Waals surface area contributed by atoms with Crippen LogP contribution in [0, 0.1) is 0 Å². The highest BCUT2D eigenvalue weighted by atomic mass is 35.5. The average Bonchev–Trinajstić information content (AvgIpc) is 2.83. The molecule has 0 spiro atoms. The molecule has 0 bridgehead atoms. The van der Waals surface area contributed by atoms with Gasteiger partial charge in [-0.15, -0.1) is 11.6 Å². The topological polar surface area (TPSA) is 39.3 Å².